The van der Waals surface area contributed by atoms with E-state index in [4.69, 9.17) is 0 Å². The van der Waals surface area contributed by atoms with Crippen LogP contribution in [0.2, 0.25) is 0 Å². The molecule has 1 aromatic carbocycles. The molecule has 0 aliphatic carbocycles. The summed E-state index contributed by atoms with van der Waals surface area (Å²) in [5.74, 6) is -0.503. The quantitative estimate of drug-likeness (QED) is 0.502. The van der Waals surface area contributed by atoms with E-state index < -0.39 is 0 Å². The smallest absolute Gasteiger partial charge is 0.185 e. The molecule has 1 aromatic rings. The lowest BCUT2D eigenvalue weighted by molar-refractivity contribution is 0.104. The van der Waals surface area contributed by atoms with Crippen molar-refractivity contribution in [1.82, 2.24) is 0 Å². The van der Waals surface area contributed by atoms with E-state index in [2.05, 4.69) is 0 Å². The van der Waals surface area contributed by atoms with Gasteiger partial charge in [0.15, 0.2) is 5.78 Å². The average molecular weight is 178 g/mol. The monoisotopic (exact) mass is 178 g/mol. The van der Waals surface area contributed by atoms with Gasteiger partial charge in [0.1, 0.15) is 5.82 Å². The second kappa shape index (κ2) is 3.99. The molecule has 0 aliphatic heterocycles. The Balaban J connectivity index is 3.04. The zero-order valence-electron chi connectivity index (χ0n) is 7.67. The molecule has 0 heterocycles. The average Bonchev–Trinajstić information content (AvgIpc) is 2.10. The lowest BCUT2D eigenvalue weighted by Gasteiger charge is -1.98. The summed E-state index contributed by atoms with van der Waals surface area (Å²) >= 11 is 0. The maximum atomic E-state index is 13.0. The summed E-state index contributed by atoms with van der Waals surface area (Å²) in [7, 11) is 0. The maximum Gasteiger partial charge on any atom is 0.185 e. The Morgan fingerprint density at radius 3 is 2.69 bits per heavy atom. The molecule has 68 valence electrons. The Labute approximate surface area is 76.9 Å². The van der Waals surface area contributed by atoms with Crippen molar-refractivity contribution in [2.24, 2.45) is 0 Å². The van der Waals surface area contributed by atoms with Gasteiger partial charge in [-0.3, -0.25) is 4.79 Å². The molecule has 0 aliphatic rings. The topological polar surface area (TPSA) is 17.1 Å². The van der Waals surface area contributed by atoms with Crippen LogP contribution in [0, 0.1) is 12.7 Å². The third kappa shape index (κ3) is 2.25. The number of ketones is 1. The SMILES string of the molecule is CC=CC(=O)c1ccc(C)c(F)c1. The van der Waals surface area contributed by atoms with Gasteiger partial charge in [-0.15, -0.1) is 0 Å². The fourth-order valence-electron chi connectivity index (χ4n) is 0.994. The van der Waals surface area contributed by atoms with Gasteiger partial charge in [0, 0.05) is 5.56 Å². The molecule has 2 heteroatoms. The van der Waals surface area contributed by atoms with Crippen molar-refractivity contribution in [2.75, 3.05) is 0 Å². The molecular weight excluding hydrogens is 167 g/mol. The van der Waals surface area contributed by atoms with Crippen LogP contribution in [0.4, 0.5) is 4.39 Å². The number of benzene rings is 1. The van der Waals surface area contributed by atoms with Crippen molar-refractivity contribution < 1.29 is 9.18 Å². The molecule has 0 fully saturated rings. The molecule has 0 atom stereocenters. The van der Waals surface area contributed by atoms with Gasteiger partial charge in [-0.05, 0) is 31.6 Å². The molecule has 0 bridgehead atoms. The predicted molar refractivity (Wildman–Crippen MR) is 50.3 cm³/mol. The summed E-state index contributed by atoms with van der Waals surface area (Å²) in [5.41, 5.74) is 0.943. The van der Waals surface area contributed by atoms with Crippen molar-refractivity contribution in [3.63, 3.8) is 0 Å². The Hall–Kier alpha value is -1.44. The highest BCUT2D eigenvalue weighted by molar-refractivity contribution is 6.04. The van der Waals surface area contributed by atoms with Crippen molar-refractivity contribution in [3.05, 3.63) is 47.3 Å². The standard InChI is InChI=1S/C11H11FO/c1-3-4-11(13)9-6-5-8(2)10(12)7-9/h3-7H,1-2H3. The van der Waals surface area contributed by atoms with Crippen molar-refractivity contribution in [3.8, 4) is 0 Å². The Morgan fingerprint density at radius 1 is 1.46 bits per heavy atom. The highest BCUT2D eigenvalue weighted by Crippen LogP contribution is 2.09. The molecule has 13 heavy (non-hydrogen) atoms. The Bertz CT molecular complexity index is 353. The molecule has 0 saturated heterocycles. The molecule has 0 N–H and O–H groups in total. The summed E-state index contributed by atoms with van der Waals surface area (Å²) in [5, 5.41) is 0. The summed E-state index contributed by atoms with van der Waals surface area (Å²) in [4.78, 5) is 11.3. The maximum absolute atomic E-state index is 13.0. The van der Waals surface area contributed by atoms with Gasteiger partial charge in [0.05, 0.1) is 0 Å². The summed E-state index contributed by atoms with van der Waals surface area (Å²) in [6.45, 7) is 3.42. The normalized spacial score (nSPS) is 10.7. The first-order valence-corrected chi connectivity index (χ1v) is 4.08. The molecule has 1 rings (SSSR count). The number of carbonyl (C=O) groups is 1. The fraction of sp³-hybridized carbons (Fsp3) is 0.182. The molecule has 0 unspecified atom stereocenters. The van der Waals surface area contributed by atoms with Crippen molar-refractivity contribution in [2.45, 2.75) is 13.8 Å². The lowest BCUT2D eigenvalue weighted by atomic mass is 10.1. The van der Waals surface area contributed by atoms with E-state index in [0.29, 0.717) is 11.1 Å². The molecule has 0 spiro atoms. The summed E-state index contributed by atoms with van der Waals surface area (Å²) in [6.07, 6.45) is 3.06. The first-order valence-electron chi connectivity index (χ1n) is 4.08. The first kappa shape index (κ1) is 9.65. The van der Waals surface area contributed by atoms with Gasteiger partial charge in [0.2, 0.25) is 0 Å². The van der Waals surface area contributed by atoms with Gasteiger partial charge in [-0.25, -0.2) is 4.39 Å². The molecule has 0 radical (unpaired) electrons. The van der Waals surface area contributed by atoms with Gasteiger partial charge in [0.25, 0.3) is 0 Å². The van der Waals surface area contributed by atoms with E-state index in [1.165, 1.54) is 12.1 Å². The third-order valence-electron chi connectivity index (χ3n) is 1.77. The van der Waals surface area contributed by atoms with Crippen molar-refractivity contribution in [1.29, 1.82) is 0 Å². The zero-order valence-corrected chi connectivity index (χ0v) is 7.67. The van der Waals surface area contributed by atoms with E-state index in [0.717, 1.165) is 0 Å². The van der Waals surface area contributed by atoms with Crippen LogP contribution in [0.1, 0.15) is 22.8 Å². The number of hydrogen-bond donors (Lipinski definition) is 0. The Morgan fingerprint density at radius 2 is 2.15 bits per heavy atom. The minimum atomic E-state index is -0.338. The minimum Gasteiger partial charge on any atom is -0.289 e. The van der Waals surface area contributed by atoms with E-state index in [-0.39, 0.29) is 11.6 Å². The molecule has 0 amide bonds. The van der Waals surface area contributed by atoms with Gasteiger partial charge < -0.3 is 0 Å². The Kier molecular flexibility index (Phi) is 2.96. The van der Waals surface area contributed by atoms with Crippen LogP contribution in [-0.2, 0) is 0 Å². The zero-order chi connectivity index (χ0) is 9.84. The van der Waals surface area contributed by atoms with Crippen LogP contribution in [-0.4, -0.2) is 5.78 Å². The molecule has 1 nitrogen and oxygen atoms in total. The number of hydrogen-bond acceptors (Lipinski definition) is 1. The van der Waals surface area contributed by atoms with E-state index in [1.54, 1.807) is 32.1 Å². The van der Waals surface area contributed by atoms with Gasteiger partial charge >= 0.3 is 0 Å². The summed E-state index contributed by atoms with van der Waals surface area (Å²) in [6, 6.07) is 4.49. The number of allylic oxidation sites excluding steroid dienone is 2. The van der Waals surface area contributed by atoms with Crippen LogP contribution in [0.25, 0.3) is 0 Å². The molecule has 0 saturated carbocycles. The number of halogens is 1. The fourth-order valence-corrected chi connectivity index (χ4v) is 0.994. The van der Waals surface area contributed by atoms with Crippen molar-refractivity contribution >= 4 is 5.78 Å². The predicted octanol–water partition coefficient (Wildman–Crippen LogP) is 2.89. The van der Waals surface area contributed by atoms with Crippen LogP contribution in [0.15, 0.2) is 30.4 Å². The van der Waals surface area contributed by atoms with E-state index in [9.17, 15) is 9.18 Å². The van der Waals surface area contributed by atoms with Crippen LogP contribution in [0.5, 0.6) is 0 Å². The number of carbonyl (C=O) groups excluding carboxylic acids is 1. The highest BCUT2D eigenvalue weighted by Gasteiger charge is 2.03. The number of aryl methyl sites for hydroxylation is 1. The molecular formula is C11H11FO. The minimum absolute atomic E-state index is 0.165. The highest BCUT2D eigenvalue weighted by atomic mass is 19.1. The van der Waals surface area contributed by atoms with Gasteiger partial charge in [-0.1, -0.05) is 18.2 Å². The second-order valence-electron chi connectivity index (χ2n) is 2.83. The number of rotatable bonds is 2. The first-order chi connectivity index (χ1) is 6.15. The van der Waals surface area contributed by atoms with Crippen LogP contribution >= 0.6 is 0 Å². The van der Waals surface area contributed by atoms with Gasteiger partial charge in [-0.2, -0.15) is 0 Å². The van der Waals surface area contributed by atoms with Crippen LogP contribution in [0.3, 0.4) is 0 Å². The second-order valence-corrected chi connectivity index (χ2v) is 2.83. The lowest BCUT2D eigenvalue weighted by Crippen LogP contribution is -1.95. The molecule has 0 aromatic heterocycles. The van der Waals surface area contributed by atoms with E-state index >= 15 is 0 Å². The van der Waals surface area contributed by atoms with Crippen LogP contribution < -0.4 is 0 Å². The van der Waals surface area contributed by atoms with E-state index in [1.807, 2.05) is 0 Å². The third-order valence-corrected chi connectivity index (χ3v) is 1.77. The largest absolute Gasteiger partial charge is 0.289 e. The summed E-state index contributed by atoms with van der Waals surface area (Å²) < 4.78 is 13.0.